The minimum atomic E-state index is -0.906. The van der Waals surface area contributed by atoms with Gasteiger partial charge in [-0.2, -0.15) is 0 Å². The summed E-state index contributed by atoms with van der Waals surface area (Å²) in [6, 6.07) is 0. The Morgan fingerprint density at radius 2 is 2.04 bits per heavy atom. The van der Waals surface area contributed by atoms with Crippen molar-refractivity contribution in [1.82, 2.24) is 0 Å². The molecule has 2 saturated carbocycles. The zero-order valence-corrected chi connectivity index (χ0v) is 15.2. The third kappa shape index (κ3) is 2.45. The van der Waals surface area contributed by atoms with E-state index in [2.05, 4.69) is 26.8 Å². The molecule has 4 heteroatoms. The van der Waals surface area contributed by atoms with Crippen LogP contribution in [0.1, 0.15) is 59.8 Å². The molecule has 0 heterocycles. The van der Waals surface area contributed by atoms with Gasteiger partial charge in [-0.1, -0.05) is 39.3 Å². The van der Waals surface area contributed by atoms with E-state index >= 15 is 0 Å². The number of ketones is 1. The summed E-state index contributed by atoms with van der Waals surface area (Å²) in [5.74, 6) is -0.634. The molecule has 24 heavy (non-hydrogen) atoms. The Morgan fingerprint density at radius 1 is 1.38 bits per heavy atom. The van der Waals surface area contributed by atoms with Gasteiger partial charge in [-0.15, -0.1) is 0 Å². The summed E-state index contributed by atoms with van der Waals surface area (Å²) in [5.41, 5.74) is 1.27. The molecule has 0 aromatic rings. The van der Waals surface area contributed by atoms with E-state index in [1.807, 2.05) is 0 Å². The fourth-order valence-electron chi connectivity index (χ4n) is 5.99. The number of hydrogen-bond acceptors (Lipinski definition) is 3. The van der Waals surface area contributed by atoms with Gasteiger partial charge in [-0.05, 0) is 41.9 Å². The number of rotatable bonds is 5. The number of carbonyl (C=O) groups excluding carboxylic acids is 1. The smallest absolute Gasteiger partial charge is 0.306 e. The molecule has 0 aliphatic heterocycles. The summed E-state index contributed by atoms with van der Waals surface area (Å²) >= 11 is 0. The highest BCUT2D eigenvalue weighted by molar-refractivity contribution is 5.84. The Labute approximate surface area is 144 Å². The molecule has 4 aliphatic rings. The van der Waals surface area contributed by atoms with Crippen LogP contribution >= 0.6 is 0 Å². The summed E-state index contributed by atoms with van der Waals surface area (Å²) in [4.78, 5) is 23.6. The van der Waals surface area contributed by atoms with Gasteiger partial charge in [-0.25, -0.2) is 0 Å². The fraction of sp³-hybridized carbons (Fsp3) is 0.800. The topological polar surface area (TPSA) is 74.6 Å². The summed E-state index contributed by atoms with van der Waals surface area (Å²) in [7, 11) is 0. The van der Waals surface area contributed by atoms with Gasteiger partial charge in [0.05, 0.1) is 12.0 Å². The Hall–Kier alpha value is -1.16. The molecule has 1 spiro atoms. The van der Waals surface area contributed by atoms with Crippen molar-refractivity contribution in [2.45, 2.75) is 65.9 Å². The second-order valence-electron chi connectivity index (χ2n) is 9.08. The zero-order valence-electron chi connectivity index (χ0n) is 15.2. The van der Waals surface area contributed by atoms with Crippen LogP contribution in [0.5, 0.6) is 0 Å². The molecule has 4 nitrogen and oxygen atoms in total. The molecular weight excluding hydrogens is 304 g/mol. The monoisotopic (exact) mass is 334 g/mol. The first kappa shape index (κ1) is 17.7. The number of carbonyl (C=O) groups is 2. The lowest BCUT2D eigenvalue weighted by Gasteiger charge is -2.61. The highest BCUT2D eigenvalue weighted by Gasteiger charge is 2.63. The summed E-state index contributed by atoms with van der Waals surface area (Å²) in [6.45, 7) is 8.21. The van der Waals surface area contributed by atoms with Crippen LogP contribution in [0.4, 0.5) is 0 Å². The predicted octanol–water partition coefficient (Wildman–Crippen LogP) is 3.44. The number of Topliss-reactive ketones (excluding diaryl/α,β-unsaturated/α-hetero) is 1. The largest absolute Gasteiger partial charge is 0.481 e. The van der Waals surface area contributed by atoms with Crippen molar-refractivity contribution in [1.29, 1.82) is 0 Å². The van der Waals surface area contributed by atoms with Gasteiger partial charge in [-0.3, -0.25) is 9.59 Å². The second-order valence-corrected chi connectivity index (χ2v) is 9.08. The standard InChI is InChI=1S/C20H30O4/c1-11-5-6-20-10-16(22)15(9-14(11)20)19(3,4)17(20)8-13(21)7-12(2)18(23)24/h9,11-12,15-17,22H,5-8,10H2,1-4H3,(H,23,24)/t11-,12+,15-,16-,17+,20-/m0/s1. The third-order valence-corrected chi connectivity index (χ3v) is 7.29. The van der Waals surface area contributed by atoms with E-state index in [0.717, 1.165) is 19.3 Å². The fourth-order valence-corrected chi connectivity index (χ4v) is 5.99. The van der Waals surface area contributed by atoms with Crippen molar-refractivity contribution in [3.8, 4) is 0 Å². The molecule has 2 N–H and O–H groups in total. The minimum Gasteiger partial charge on any atom is -0.481 e. The quantitative estimate of drug-likeness (QED) is 0.755. The number of carboxylic acid groups (broad SMARTS) is 1. The molecule has 6 atom stereocenters. The highest BCUT2D eigenvalue weighted by Crippen LogP contribution is 2.69. The molecule has 0 aromatic heterocycles. The van der Waals surface area contributed by atoms with Crippen molar-refractivity contribution in [2.24, 2.45) is 34.5 Å². The van der Waals surface area contributed by atoms with E-state index in [0.29, 0.717) is 12.3 Å². The van der Waals surface area contributed by atoms with Crippen LogP contribution in [0.15, 0.2) is 11.6 Å². The van der Waals surface area contributed by atoms with Gasteiger partial charge in [0.2, 0.25) is 0 Å². The number of aliphatic hydroxyl groups is 1. The van der Waals surface area contributed by atoms with Crippen molar-refractivity contribution < 1.29 is 19.8 Å². The van der Waals surface area contributed by atoms with E-state index in [4.69, 9.17) is 5.11 Å². The van der Waals surface area contributed by atoms with Crippen molar-refractivity contribution in [3.05, 3.63) is 11.6 Å². The maximum atomic E-state index is 12.6. The molecule has 0 aromatic carbocycles. The Balaban J connectivity index is 1.89. The van der Waals surface area contributed by atoms with Crippen LogP contribution in [0.3, 0.4) is 0 Å². The van der Waals surface area contributed by atoms with Crippen molar-refractivity contribution in [3.63, 3.8) is 0 Å². The summed E-state index contributed by atoms with van der Waals surface area (Å²) in [6.07, 6.45) is 5.48. The summed E-state index contributed by atoms with van der Waals surface area (Å²) in [5, 5.41) is 19.7. The van der Waals surface area contributed by atoms with Crippen LogP contribution in [0.25, 0.3) is 0 Å². The molecule has 0 unspecified atom stereocenters. The van der Waals surface area contributed by atoms with Crippen molar-refractivity contribution in [2.75, 3.05) is 0 Å². The van der Waals surface area contributed by atoms with E-state index < -0.39 is 11.9 Å². The molecule has 0 radical (unpaired) electrons. The normalized spacial score (nSPS) is 40.8. The van der Waals surface area contributed by atoms with E-state index in [-0.39, 0.29) is 41.0 Å². The molecule has 134 valence electrons. The second kappa shape index (κ2) is 5.69. The average Bonchev–Trinajstić information content (AvgIpc) is 2.80. The average molecular weight is 334 g/mol. The first-order chi connectivity index (χ1) is 11.1. The molecule has 4 rings (SSSR count). The zero-order chi connectivity index (χ0) is 17.9. The Bertz CT molecular complexity index is 590. The predicted molar refractivity (Wildman–Crippen MR) is 91.3 cm³/mol. The number of hydrogen-bond donors (Lipinski definition) is 2. The highest BCUT2D eigenvalue weighted by atomic mass is 16.4. The number of aliphatic hydroxyl groups excluding tert-OH is 1. The lowest BCUT2D eigenvalue weighted by atomic mass is 9.44. The number of aliphatic carboxylic acids is 1. The van der Waals surface area contributed by atoms with E-state index in [1.165, 1.54) is 5.57 Å². The minimum absolute atomic E-state index is 0.0540. The van der Waals surface area contributed by atoms with Gasteiger partial charge in [0.25, 0.3) is 0 Å². The lowest BCUT2D eigenvalue weighted by Crippen LogP contribution is -2.57. The molecular formula is C20H30O4. The van der Waals surface area contributed by atoms with Gasteiger partial charge in [0, 0.05) is 18.8 Å². The van der Waals surface area contributed by atoms with Crippen LogP contribution in [0, 0.1) is 34.5 Å². The first-order valence-electron chi connectivity index (χ1n) is 9.24. The van der Waals surface area contributed by atoms with Gasteiger partial charge >= 0.3 is 5.97 Å². The number of fused-ring (bicyclic) bond motifs is 2. The van der Waals surface area contributed by atoms with Gasteiger partial charge in [0.15, 0.2) is 0 Å². The molecule has 2 fully saturated rings. The lowest BCUT2D eigenvalue weighted by molar-refractivity contribution is -0.145. The maximum Gasteiger partial charge on any atom is 0.306 e. The SMILES string of the molecule is C[C@H](CC(=O)C[C@@H]1C(C)(C)[C@H]2C=C3[C@@H](C)CC[C@]31C[C@@H]2O)C(=O)O. The Kier molecular flexibility index (Phi) is 4.18. The van der Waals surface area contributed by atoms with Crippen LogP contribution in [0.2, 0.25) is 0 Å². The van der Waals surface area contributed by atoms with Crippen molar-refractivity contribution >= 4 is 11.8 Å². The van der Waals surface area contributed by atoms with Crippen LogP contribution < -0.4 is 0 Å². The van der Waals surface area contributed by atoms with Gasteiger partial charge < -0.3 is 10.2 Å². The first-order valence-corrected chi connectivity index (χ1v) is 9.24. The van der Waals surface area contributed by atoms with Crippen LogP contribution in [-0.4, -0.2) is 28.1 Å². The molecule has 4 aliphatic carbocycles. The van der Waals surface area contributed by atoms with Gasteiger partial charge in [0.1, 0.15) is 5.78 Å². The van der Waals surface area contributed by atoms with E-state index in [9.17, 15) is 14.7 Å². The van der Waals surface area contributed by atoms with Crippen LogP contribution in [-0.2, 0) is 9.59 Å². The summed E-state index contributed by atoms with van der Waals surface area (Å²) < 4.78 is 0. The molecule has 0 amide bonds. The number of allylic oxidation sites excluding steroid dienone is 1. The third-order valence-electron chi connectivity index (χ3n) is 7.29. The molecule has 2 bridgehead atoms. The molecule has 0 saturated heterocycles. The Morgan fingerprint density at radius 3 is 2.67 bits per heavy atom. The van der Waals surface area contributed by atoms with E-state index in [1.54, 1.807) is 6.92 Å². The maximum absolute atomic E-state index is 12.6. The number of carboxylic acids is 1.